The van der Waals surface area contributed by atoms with E-state index in [-0.39, 0.29) is 24.0 Å². The second-order valence-electron chi connectivity index (χ2n) is 9.14. The summed E-state index contributed by atoms with van der Waals surface area (Å²) in [6.45, 7) is 1.38. The molecule has 1 heterocycles. The summed E-state index contributed by atoms with van der Waals surface area (Å²) in [5.41, 5.74) is 4.84. The van der Waals surface area contributed by atoms with Gasteiger partial charge in [0.05, 0.1) is 37.6 Å². The number of aromatic nitrogens is 2. The maximum Gasteiger partial charge on any atom is 0.421 e. The summed E-state index contributed by atoms with van der Waals surface area (Å²) in [4.78, 5) is 26.6. The van der Waals surface area contributed by atoms with Gasteiger partial charge in [0.2, 0.25) is 0 Å². The van der Waals surface area contributed by atoms with Crippen molar-refractivity contribution in [2.24, 2.45) is 24.3 Å². The van der Waals surface area contributed by atoms with E-state index in [1.165, 1.54) is 0 Å². The number of ketones is 2. The molecular formula is C29H30ClN7O2. The van der Waals surface area contributed by atoms with Crippen LogP contribution in [-0.4, -0.2) is 36.3 Å². The van der Waals surface area contributed by atoms with Crippen LogP contribution in [0.3, 0.4) is 0 Å². The number of aryl methyl sites for hydroxylation is 2. The SMILES string of the molecule is CNc1ccc(NCCCNc2ccc(N=Nc3n(C)cc[n+]3C)cc2)c2c1C(=O)c1ccccc1C2=O.[Cl-]. The van der Waals surface area contributed by atoms with E-state index in [4.69, 9.17) is 0 Å². The Labute approximate surface area is 233 Å². The molecule has 0 amide bonds. The van der Waals surface area contributed by atoms with Crippen molar-refractivity contribution in [3.8, 4) is 0 Å². The van der Waals surface area contributed by atoms with E-state index in [0.29, 0.717) is 40.2 Å². The molecule has 5 rings (SSSR count). The summed E-state index contributed by atoms with van der Waals surface area (Å²) in [5, 5.41) is 18.5. The molecule has 10 heteroatoms. The second kappa shape index (κ2) is 11.9. The maximum atomic E-state index is 13.3. The molecule has 0 unspecified atom stereocenters. The average Bonchev–Trinajstić information content (AvgIpc) is 3.27. The predicted octanol–water partition coefficient (Wildman–Crippen LogP) is 2.00. The lowest BCUT2D eigenvalue weighted by Gasteiger charge is -2.23. The molecule has 39 heavy (non-hydrogen) atoms. The molecule has 3 aromatic carbocycles. The first-order chi connectivity index (χ1) is 18.5. The van der Waals surface area contributed by atoms with Crippen molar-refractivity contribution in [1.82, 2.24) is 4.57 Å². The van der Waals surface area contributed by atoms with Gasteiger partial charge in [-0.25, -0.2) is 9.13 Å². The highest BCUT2D eigenvalue weighted by atomic mass is 35.5. The van der Waals surface area contributed by atoms with Crippen LogP contribution in [0.1, 0.15) is 38.3 Å². The third kappa shape index (κ3) is 5.53. The van der Waals surface area contributed by atoms with Crippen LogP contribution in [0.2, 0.25) is 0 Å². The molecule has 1 aliphatic rings. The molecule has 0 spiro atoms. The molecule has 200 valence electrons. The highest BCUT2D eigenvalue weighted by Crippen LogP contribution is 2.36. The van der Waals surface area contributed by atoms with Gasteiger partial charge < -0.3 is 28.4 Å². The van der Waals surface area contributed by atoms with Crippen molar-refractivity contribution in [2.45, 2.75) is 6.42 Å². The molecule has 0 radical (unpaired) electrons. The number of benzene rings is 3. The normalized spacial score (nSPS) is 12.1. The summed E-state index contributed by atoms with van der Waals surface area (Å²) >= 11 is 0. The predicted molar refractivity (Wildman–Crippen MR) is 148 cm³/mol. The van der Waals surface area contributed by atoms with E-state index < -0.39 is 0 Å². The lowest BCUT2D eigenvalue weighted by atomic mass is 9.82. The molecule has 9 nitrogen and oxygen atoms in total. The minimum atomic E-state index is -0.134. The Morgan fingerprint density at radius 3 is 2.05 bits per heavy atom. The van der Waals surface area contributed by atoms with Gasteiger partial charge in [-0.2, -0.15) is 0 Å². The molecule has 0 bridgehead atoms. The summed E-state index contributed by atoms with van der Waals surface area (Å²) < 4.78 is 3.82. The van der Waals surface area contributed by atoms with Crippen LogP contribution in [0, 0.1) is 0 Å². The van der Waals surface area contributed by atoms with Crippen LogP contribution < -0.4 is 32.9 Å². The molecule has 1 aliphatic carbocycles. The Morgan fingerprint density at radius 2 is 1.44 bits per heavy atom. The third-order valence-corrected chi connectivity index (χ3v) is 6.61. The van der Waals surface area contributed by atoms with Crippen LogP contribution >= 0.6 is 0 Å². The van der Waals surface area contributed by atoms with Gasteiger partial charge in [0.1, 0.15) is 5.69 Å². The number of anilines is 3. The Balaban J connectivity index is 0.00000353. The highest BCUT2D eigenvalue weighted by molar-refractivity contribution is 6.31. The van der Waals surface area contributed by atoms with Gasteiger partial charge >= 0.3 is 5.95 Å². The zero-order chi connectivity index (χ0) is 26.6. The number of halogens is 1. The second-order valence-corrected chi connectivity index (χ2v) is 9.14. The fourth-order valence-corrected chi connectivity index (χ4v) is 4.59. The fraction of sp³-hybridized carbons (Fsp3) is 0.207. The molecule has 0 saturated heterocycles. The Morgan fingerprint density at radius 1 is 0.821 bits per heavy atom. The lowest BCUT2D eigenvalue weighted by Crippen LogP contribution is -3.00. The molecule has 0 saturated carbocycles. The highest BCUT2D eigenvalue weighted by Gasteiger charge is 2.33. The van der Waals surface area contributed by atoms with E-state index in [1.807, 2.05) is 72.0 Å². The van der Waals surface area contributed by atoms with Crippen molar-refractivity contribution in [1.29, 1.82) is 0 Å². The first kappa shape index (κ1) is 27.5. The number of azo groups is 1. The minimum Gasteiger partial charge on any atom is -1.00 e. The van der Waals surface area contributed by atoms with Crippen LogP contribution in [0.15, 0.2) is 83.3 Å². The third-order valence-electron chi connectivity index (χ3n) is 6.61. The zero-order valence-electron chi connectivity index (χ0n) is 22.0. The molecule has 3 N–H and O–H groups in total. The number of hydrogen-bond acceptors (Lipinski definition) is 7. The molecule has 0 aliphatic heterocycles. The first-order valence-corrected chi connectivity index (χ1v) is 12.5. The number of nitrogens with zero attached hydrogens (tertiary/aromatic N) is 4. The van der Waals surface area contributed by atoms with Gasteiger partial charge in [0, 0.05) is 53.4 Å². The summed E-state index contributed by atoms with van der Waals surface area (Å²) in [6, 6.07) is 18.5. The maximum absolute atomic E-state index is 13.3. The van der Waals surface area contributed by atoms with Crippen LogP contribution in [-0.2, 0) is 14.1 Å². The minimum absolute atomic E-state index is 0. The van der Waals surface area contributed by atoms with E-state index in [2.05, 4.69) is 26.2 Å². The molecular weight excluding hydrogens is 514 g/mol. The molecule has 0 atom stereocenters. The number of carbonyl (C=O) groups excluding carboxylic acids is 2. The molecule has 4 aromatic rings. The van der Waals surface area contributed by atoms with Gasteiger partial charge in [-0.1, -0.05) is 29.4 Å². The van der Waals surface area contributed by atoms with Gasteiger partial charge in [0.25, 0.3) is 0 Å². The number of imidazole rings is 1. The number of nitrogens with one attached hydrogen (secondary N) is 3. The average molecular weight is 544 g/mol. The Kier molecular flexibility index (Phi) is 8.41. The van der Waals surface area contributed by atoms with E-state index in [0.717, 1.165) is 30.3 Å². The van der Waals surface area contributed by atoms with Gasteiger partial charge in [-0.05, 0) is 42.8 Å². The van der Waals surface area contributed by atoms with Gasteiger partial charge in [-0.15, -0.1) is 0 Å². The van der Waals surface area contributed by atoms with Crippen molar-refractivity contribution in [2.75, 3.05) is 36.1 Å². The van der Waals surface area contributed by atoms with Crippen molar-refractivity contribution in [3.05, 3.63) is 95.3 Å². The van der Waals surface area contributed by atoms with Crippen LogP contribution in [0.5, 0.6) is 0 Å². The number of hydrogen-bond donors (Lipinski definition) is 3. The topological polar surface area (TPSA) is 104 Å². The van der Waals surface area contributed by atoms with Gasteiger partial charge in [-0.3, -0.25) is 9.59 Å². The summed E-state index contributed by atoms with van der Waals surface area (Å²) in [5.74, 6) is 0.494. The quantitative estimate of drug-likeness (QED) is 0.150. The fourth-order valence-electron chi connectivity index (χ4n) is 4.59. The molecule has 0 fully saturated rings. The van der Waals surface area contributed by atoms with Crippen LogP contribution in [0.25, 0.3) is 0 Å². The lowest BCUT2D eigenvalue weighted by molar-refractivity contribution is -0.657. The Bertz CT molecular complexity index is 1520. The largest absolute Gasteiger partial charge is 1.00 e. The van der Waals surface area contributed by atoms with Crippen molar-refractivity contribution in [3.63, 3.8) is 0 Å². The standard InChI is InChI=1S/C29H29N7O2.ClH/c1-30-23-13-14-24(26-25(23)27(37)21-7-4-5-8-22(21)28(26)38)32-16-6-15-31-19-9-11-20(12-10-19)33-34-29-35(2)17-18-36(29)3;/h4-5,7-14,17-18H,6,15-16H2,1-3H3,(H2,30,31,32,33,37,38);1H. The van der Waals surface area contributed by atoms with E-state index in [1.54, 1.807) is 31.3 Å². The summed E-state index contributed by atoms with van der Waals surface area (Å²) in [7, 11) is 5.61. The first-order valence-electron chi connectivity index (χ1n) is 12.5. The number of fused-ring (bicyclic) bond motifs is 2. The van der Waals surface area contributed by atoms with Gasteiger partial charge in [0.15, 0.2) is 11.6 Å². The Hall–Kier alpha value is -4.50. The summed E-state index contributed by atoms with van der Waals surface area (Å²) in [6.07, 6.45) is 4.67. The van der Waals surface area contributed by atoms with E-state index in [9.17, 15) is 9.59 Å². The van der Waals surface area contributed by atoms with Crippen LogP contribution in [0.4, 0.5) is 28.7 Å². The van der Waals surface area contributed by atoms with Crippen molar-refractivity contribution >= 4 is 40.3 Å². The number of carbonyl (C=O) groups is 2. The smallest absolute Gasteiger partial charge is 0.421 e. The zero-order valence-corrected chi connectivity index (χ0v) is 22.8. The van der Waals surface area contributed by atoms with Crippen molar-refractivity contribution < 1.29 is 26.6 Å². The van der Waals surface area contributed by atoms with E-state index >= 15 is 0 Å². The number of rotatable bonds is 9. The monoisotopic (exact) mass is 543 g/mol. The molecule has 1 aromatic heterocycles.